The van der Waals surface area contributed by atoms with E-state index in [1.807, 2.05) is 0 Å². The number of carboxylic acids is 1. The third-order valence-corrected chi connectivity index (χ3v) is 2.39. The van der Waals surface area contributed by atoms with Crippen molar-refractivity contribution in [1.29, 1.82) is 0 Å². The summed E-state index contributed by atoms with van der Waals surface area (Å²) < 4.78 is 9.41. The Labute approximate surface area is 100 Å². The van der Waals surface area contributed by atoms with Crippen LogP contribution in [0.5, 0.6) is 0 Å². The fraction of sp³-hybridized carbons (Fsp3) is 0.0833. The smallest absolute Gasteiger partial charge is 0.338 e. The van der Waals surface area contributed by atoms with Crippen molar-refractivity contribution in [2.75, 3.05) is 7.11 Å². The molecule has 0 aliphatic heterocycles. The summed E-state index contributed by atoms with van der Waals surface area (Å²) in [6.07, 6.45) is 0. The zero-order valence-corrected chi connectivity index (χ0v) is 9.30. The molecule has 18 heavy (non-hydrogen) atoms. The van der Waals surface area contributed by atoms with Crippen molar-refractivity contribution in [2.45, 2.75) is 0 Å². The first-order chi connectivity index (χ1) is 8.52. The zero-order valence-electron chi connectivity index (χ0n) is 9.30. The SMILES string of the molecule is COC(=O)c1cc(=O)oc2ccc(C(=O)O)cc12. The molecule has 0 radical (unpaired) electrons. The highest BCUT2D eigenvalue weighted by Gasteiger charge is 2.15. The molecule has 92 valence electrons. The standard InChI is InChI=1S/C12H8O6/c1-17-12(16)8-5-10(13)18-9-3-2-6(11(14)15)4-7(8)9/h2-5H,1H3,(H,14,15). The summed E-state index contributed by atoms with van der Waals surface area (Å²) in [5.41, 5.74) is -0.604. The molecule has 0 unspecified atom stereocenters. The number of hydrogen-bond donors (Lipinski definition) is 1. The lowest BCUT2D eigenvalue weighted by Crippen LogP contribution is -2.08. The molecule has 0 bridgehead atoms. The first-order valence-corrected chi connectivity index (χ1v) is 4.92. The molecule has 0 fully saturated rings. The van der Waals surface area contributed by atoms with Gasteiger partial charge in [-0.2, -0.15) is 0 Å². The predicted molar refractivity (Wildman–Crippen MR) is 60.8 cm³/mol. The second kappa shape index (κ2) is 4.33. The van der Waals surface area contributed by atoms with E-state index in [-0.39, 0.29) is 22.1 Å². The van der Waals surface area contributed by atoms with Crippen molar-refractivity contribution in [1.82, 2.24) is 0 Å². The maximum atomic E-state index is 11.5. The molecule has 2 rings (SSSR count). The molecule has 1 heterocycles. The molecule has 0 atom stereocenters. The quantitative estimate of drug-likeness (QED) is 0.635. The number of hydrogen-bond acceptors (Lipinski definition) is 5. The lowest BCUT2D eigenvalue weighted by Gasteiger charge is -2.04. The highest BCUT2D eigenvalue weighted by Crippen LogP contribution is 2.19. The molecular formula is C12H8O6. The van der Waals surface area contributed by atoms with Gasteiger partial charge >= 0.3 is 17.6 Å². The van der Waals surface area contributed by atoms with Gasteiger partial charge in [0.25, 0.3) is 0 Å². The lowest BCUT2D eigenvalue weighted by atomic mass is 10.1. The Bertz CT molecular complexity index is 697. The molecule has 0 aliphatic carbocycles. The van der Waals surface area contributed by atoms with E-state index in [0.717, 1.165) is 6.07 Å². The molecule has 6 heteroatoms. The maximum Gasteiger partial charge on any atom is 0.338 e. The number of fused-ring (bicyclic) bond motifs is 1. The number of benzene rings is 1. The van der Waals surface area contributed by atoms with Gasteiger partial charge in [0, 0.05) is 11.5 Å². The molecule has 1 N–H and O–H groups in total. The number of carbonyl (C=O) groups is 2. The number of rotatable bonds is 2. The zero-order chi connectivity index (χ0) is 13.3. The number of carbonyl (C=O) groups excluding carboxylic acids is 1. The molecule has 0 aliphatic rings. The second-order valence-corrected chi connectivity index (χ2v) is 3.49. The largest absolute Gasteiger partial charge is 0.478 e. The normalized spacial score (nSPS) is 10.3. The van der Waals surface area contributed by atoms with Crippen LogP contribution in [-0.4, -0.2) is 24.2 Å². The van der Waals surface area contributed by atoms with E-state index in [0.29, 0.717) is 0 Å². The van der Waals surface area contributed by atoms with Gasteiger partial charge in [-0.15, -0.1) is 0 Å². The molecule has 0 saturated carbocycles. The van der Waals surface area contributed by atoms with Crippen LogP contribution in [0.3, 0.4) is 0 Å². The number of methoxy groups -OCH3 is 1. The van der Waals surface area contributed by atoms with Gasteiger partial charge in [-0.25, -0.2) is 14.4 Å². The summed E-state index contributed by atoms with van der Waals surface area (Å²) in [6.45, 7) is 0. The Morgan fingerprint density at radius 2 is 2.00 bits per heavy atom. The second-order valence-electron chi connectivity index (χ2n) is 3.49. The summed E-state index contributed by atoms with van der Waals surface area (Å²) in [7, 11) is 1.17. The third-order valence-electron chi connectivity index (χ3n) is 2.39. The summed E-state index contributed by atoms with van der Waals surface area (Å²) in [6, 6.07) is 4.84. The Hall–Kier alpha value is -2.63. The Kier molecular flexibility index (Phi) is 2.85. The Morgan fingerprint density at radius 3 is 2.61 bits per heavy atom. The maximum absolute atomic E-state index is 11.5. The first-order valence-electron chi connectivity index (χ1n) is 4.92. The Balaban J connectivity index is 2.82. The van der Waals surface area contributed by atoms with Crippen LogP contribution in [0.15, 0.2) is 33.5 Å². The molecule has 1 aromatic carbocycles. The minimum atomic E-state index is -1.14. The Morgan fingerprint density at radius 1 is 1.28 bits per heavy atom. The van der Waals surface area contributed by atoms with E-state index in [9.17, 15) is 14.4 Å². The summed E-state index contributed by atoms with van der Waals surface area (Å²) >= 11 is 0. The van der Waals surface area contributed by atoms with Crippen LogP contribution in [-0.2, 0) is 4.74 Å². The van der Waals surface area contributed by atoms with Crippen molar-refractivity contribution >= 4 is 22.9 Å². The molecule has 6 nitrogen and oxygen atoms in total. The van der Waals surface area contributed by atoms with Crippen LogP contribution < -0.4 is 5.63 Å². The van der Waals surface area contributed by atoms with Crippen molar-refractivity contribution < 1.29 is 23.8 Å². The van der Waals surface area contributed by atoms with Crippen LogP contribution in [0.4, 0.5) is 0 Å². The fourth-order valence-electron chi connectivity index (χ4n) is 1.57. The van der Waals surface area contributed by atoms with E-state index in [4.69, 9.17) is 9.52 Å². The number of esters is 1. The molecule has 0 saturated heterocycles. The van der Waals surface area contributed by atoms with Gasteiger partial charge in [-0.3, -0.25) is 0 Å². The molecular weight excluding hydrogens is 240 g/mol. The van der Waals surface area contributed by atoms with Crippen LogP contribution >= 0.6 is 0 Å². The molecule has 0 amide bonds. The van der Waals surface area contributed by atoms with Gasteiger partial charge < -0.3 is 14.3 Å². The van der Waals surface area contributed by atoms with Gasteiger partial charge in [0.15, 0.2) is 0 Å². The molecule has 0 spiro atoms. The first kappa shape index (κ1) is 11.8. The molecule has 2 aromatic rings. The van der Waals surface area contributed by atoms with Crippen molar-refractivity contribution in [3.8, 4) is 0 Å². The average molecular weight is 248 g/mol. The number of carboxylic acid groups (broad SMARTS) is 1. The average Bonchev–Trinajstić information content (AvgIpc) is 2.36. The summed E-state index contributed by atoms with van der Waals surface area (Å²) in [5.74, 6) is -1.87. The van der Waals surface area contributed by atoms with Gasteiger partial charge in [0.2, 0.25) is 0 Å². The van der Waals surface area contributed by atoms with Crippen LogP contribution in [0, 0.1) is 0 Å². The van der Waals surface area contributed by atoms with Crippen LogP contribution in [0.1, 0.15) is 20.7 Å². The minimum absolute atomic E-state index is 0.0125. The highest BCUT2D eigenvalue weighted by atomic mass is 16.5. The topological polar surface area (TPSA) is 93.8 Å². The van der Waals surface area contributed by atoms with Gasteiger partial charge in [0.1, 0.15) is 5.58 Å². The van der Waals surface area contributed by atoms with Gasteiger partial charge in [-0.1, -0.05) is 0 Å². The van der Waals surface area contributed by atoms with E-state index in [2.05, 4.69) is 4.74 Å². The summed E-state index contributed by atoms with van der Waals surface area (Å²) in [4.78, 5) is 33.6. The van der Waals surface area contributed by atoms with Gasteiger partial charge in [-0.05, 0) is 18.2 Å². The number of ether oxygens (including phenoxy) is 1. The highest BCUT2D eigenvalue weighted by molar-refractivity contribution is 6.04. The predicted octanol–water partition coefficient (Wildman–Crippen LogP) is 1.28. The monoisotopic (exact) mass is 248 g/mol. The van der Waals surface area contributed by atoms with E-state index in [1.54, 1.807) is 0 Å². The minimum Gasteiger partial charge on any atom is -0.478 e. The number of aromatic carboxylic acids is 1. The third kappa shape index (κ3) is 1.95. The molecule has 1 aromatic heterocycles. The van der Waals surface area contributed by atoms with E-state index >= 15 is 0 Å². The van der Waals surface area contributed by atoms with Crippen molar-refractivity contribution in [3.63, 3.8) is 0 Å². The summed E-state index contributed by atoms with van der Waals surface area (Å²) in [5, 5.41) is 9.10. The lowest BCUT2D eigenvalue weighted by molar-refractivity contribution is 0.0600. The van der Waals surface area contributed by atoms with E-state index < -0.39 is 17.6 Å². The van der Waals surface area contributed by atoms with Crippen LogP contribution in [0.2, 0.25) is 0 Å². The van der Waals surface area contributed by atoms with Crippen LogP contribution in [0.25, 0.3) is 11.0 Å². The van der Waals surface area contributed by atoms with E-state index in [1.165, 1.54) is 25.3 Å². The van der Waals surface area contributed by atoms with Crippen molar-refractivity contribution in [3.05, 3.63) is 45.8 Å². The fourth-order valence-corrected chi connectivity index (χ4v) is 1.57. The van der Waals surface area contributed by atoms with Gasteiger partial charge in [0.05, 0.1) is 18.2 Å². The van der Waals surface area contributed by atoms with Crippen molar-refractivity contribution in [2.24, 2.45) is 0 Å².